The molecule has 60 valence electrons. The lowest BCUT2D eigenvalue weighted by Crippen LogP contribution is -2.02. The van der Waals surface area contributed by atoms with Crippen molar-refractivity contribution >= 4 is 0 Å². The molecule has 0 spiro atoms. The molecular weight excluding hydrogens is 139 g/mol. The summed E-state index contributed by atoms with van der Waals surface area (Å²) in [6, 6.07) is 0. The minimum absolute atomic E-state index is 0.346. The van der Waals surface area contributed by atoms with E-state index in [4.69, 9.17) is 0 Å². The van der Waals surface area contributed by atoms with Gasteiger partial charge < -0.3 is 0 Å². The molecule has 0 bridgehead atoms. The van der Waals surface area contributed by atoms with Gasteiger partial charge in [-0.3, -0.25) is 0 Å². The van der Waals surface area contributed by atoms with E-state index >= 15 is 0 Å². The van der Waals surface area contributed by atoms with Gasteiger partial charge in [-0.25, -0.2) is 4.39 Å². The molecule has 0 N–H and O–H groups in total. The van der Waals surface area contributed by atoms with E-state index < -0.39 is 6.17 Å². The standard InChI is InChI=1S/C10H13F/c1-3-8(2)9-4-6-10(11)7-5-9/h3-6,8,10H,1,7H2,2H3. The smallest absolute Gasteiger partial charge is 0.122 e. The van der Waals surface area contributed by atoms with Crippen molar-refractivity contribution < 1.29 is 4.39 Å². The minimum Gasteiger partial charge on any atom is -0.243 e. The van der Waals surface area contributed by atoms with E-state index in [1.54, 1.807) is 6.08 Å². The summed E-state index contributed by atoms with van der Waals surface area (Å²) in [7, 11) is 0. The topological polar surface area (TPSA) is 0 Å². The van der Waals surface area contributed by atoms with E-state index in [1.807, 2.05) is 18.2 Å². The molecule has 2 unspecified atom stereocenters. The lowest BCUT2D eigenvalue weighted by Gasteiger charge is -2.12. The molecule has 1 heteroatoms. The third-order valence-electron chi connectivity index (χ3n) is 1.96. The average Bonchev–Trinajstić information content (AvgIpc) is 2.05. The first kappa shape index (κ1) is 8.25. The first-order valence-corrected chi connectivity index (χ1v) is 3.89. The van der Waals surface area contributed by atoms with Gasteiger partial charge >= 0.3 is 0 Å². The summed E-state index contributed by atoms with van der Waals surface area (Å²) < 4.78 is 12.6. The van der Waals surface area contributed by atoms with Crippen molar-refractivity contribution in [3.63, 3.8) is 0 Å². The summed E-state index contributed by atoms with van der Waals surface area (Å²) in [5.74, 6) is 0.346. The van der Waals surface area contributed by atoms with Crippen LogP contribution in [0.4, 0.5) is 4.39 Å². The summed E-state index contributed by atoms with van der Waals surface area (Å²) >= 11 is 0. The van der Waals surface area contributed by atoms with Gasteiger partial charge in [0.15, 0.2) is 0 Å². The first-order chi connectivity index (χ1) is 5.24. The van der Waals surface area contributed by atoms with Gasteiger partial charge in [0, 0.05) is 6.42 Å². The van der Waals surface area contributed by atoms with Crippen LogP contribution in [0, 0.1) is 5.92 Å². The maximum Gasteiger partial charge on any atom is 0.122 e. The number of allylic oxidation sites excluding steroid dienone is 5. The average molecular weight is 152 g/mol. The predicted molar refractivity (Wildman–Crippen MR) is 46.1 cm³/mol. The Morgan fingerprint density at radius 2 is 2.55 bits per heavy atom. The van der Waals surface area contributed by atoms with Crippen molar-refractivity contribution in [3.8, 4) is 0 Å². The molecule has 0 fully saturated rings. The van der Waals surface area contributed by atoms with Crippen LogP contribution in [0.5, 0.6) is 0 Å². The third-order valence-corrected chi connectivity index (χ3v) is 1.96. The van der Waals surface area contributed by atoms with Crippen molar-refractivity contribution in [3.05, 3.63) is 36.5 Å². The van der Waals surface area contributed by atoms with Gasteiger partial charge in [0.2, 0.25) is 0 Å². The summed E-state index contributed by atoms with van der Waals surface area (Å²) in [5.41, 5.74) is 1.17. The van der Waals surface area contributed by atoms with Gasteiger partial charge in [0.05, 0.1) is 0 Å². The van der Waals surface area contributed by atoms with Gasteiger partial charge in [-0.1, -0.05) is 31.2 Å². The van der Waals surface area contributed by atoms with Crippen molar-refractivity contribution in [2.24, 2.45) is 5.92 Å². The zero-order chi connectivity index (χ0) is 8.27. The van der Waals surface area contributed by atoms with Crippen molar-refractivity contribution in [2.45, 2.75) is 19.5 Å². The van der Waals surface area contributed by atoms with Crippen LogP contribution < -0.4 is 0 Å². The fourth-order valence-corrected chi connectivity index (χ4v) is 1.08. The maximum absolute atomic E-state index is 12.6. The van der Waals surface area contributed by atoms with E-state index in [9.17, 15) is 4.39 Å². The van der Waals surface area contributed by atoms with Gasteiger partial charge in [0.1, 0.15) is 6.17 Å². The van der Waals surface area contributed by atoms with E-state index in [2.05, 4.69) is 13.5 Å². The van der Waals surface area contributed by atoms with Gasteiger partial charge in [0.25, 0.3) is 0 Å². The highest BCUT2D eigenvalue weighted by molar-refractivity contribution is 5.28. The fourth-order valence-electron chi connectivity index (χ4n) is 1.08. The molecule has 0 aliphatic heterocycles. The Kier molecular flexibility index (Phi) is 2.64. The number of hydrogen-bond acceptors (Lipinski definition) is 0. The number of rotatable bonds is 2. The Hall–Kier alpha value is -0.850. The zero-order valence-electron chi connectivity index (χ0n) is 6.76. The van der Waals surface area contributed by atoms with Crippen molar-refractivity contribution in [2.75, 3.05) is 0 Å². The van der Waals surface area contributed by atoms with Gasteiger partial charge in [-0.2, -0.15) is 0 Å². The van der Waals surface area contributed by atoms with Crippen molar-refractivity contribution in [1.29, 1.82) is 0 Å². The third kappa shape index (κ3) is 2.04. The molecule has 0 aromatic heterocycles. The molecule has 1 aliphatic carbocycles. The second-order valence-corrected chi connectivity index (χ2v) is 2.84. The lowest BCUT2D eigenvalue weighted by atomic mass is 9.95. The molecule has 0 amide bonds. The van der Waals surface area contributed by atoms with Crippen LogP contribution >= 0.6 is 0 Å². The molecular formula is C10H13F. The SMILES string of the molecule is C=CC(C)C1=CCC(F)C=C1. The molecule has 0 aromatic rings. The Balaban J connectivity index is 2.62. The van der Waals surface area contributed by atoms with E-state index in [0.717, 1.165) is 0 Å². The highest BCUT2D eigenvalue weighted by atomic mass is 19.1. The van der Waals surface area contributed by atoms with Crippen LogP contribution in [0.1, 0.15) is 13.3 Å². The fraction of sp³-hybridized carbons (Fsp3) is 0.400. The largest absolute Gasteiger partial charge is 0.243 e. The van der Waals surface area contributed by atoms with Crippen LogP contribution in [0.15, 0.2) is 36.5 Å². The monoisotopic (exact) mass is 152 g/mol. The molecule has 0 aromatic carbocycles. The quantitative estimate of drug-likeness (QED) is 0.533. The number of hydrogen-bond donors (Lipinski definition) is 0. The normalized spacial score (nSPS) is 26.0. The highest BCUT2D eigenvalue weighted by Gasteiger charge is 2.08. The number of halogens is 1. The Morgan fingerprint density at radius 3 is 3.00 bits per heavy atom. The summed E-state index contributed by atoms with van der Waals surface area (Å²) in [4.78, 5) is 0. The Labute approximate surface area is 67.1 Å². The molecule has 0 nitrogen and oxygen atoms in total. The van der Waals surface area contributed by atoms with Crippen LogP contribution in [0.2, 0.25) is 0 Å². The van der Waals surface area contributed by atoms with Crippen LogP contribution in [-0.4, -0.2) is 6.17 Å². The second-order valence-electron chi connectivity index (χ2n) is 2.84. The minimum atomic E-state index is -0.782. The molecule has 0 saturated carbocycles. The van der Waals surface area contributed by atoms with Crippen LogP contribution in [0.25, 0.3) is 0 Å². The Bertz CT molecular complexity index is 201. The van der Waals surface area contributed by atoms with Gasteiger partial charge in [-0.15, -0.1) is 6.58 Å². The molecule has 2 atom stereocenters. The highest BCUT2D eigenvalue weighted by Crippen LogP contribution is 2.20. The molecule has 11 heavy (non-hydrogen) atoms. The van der Waals surface area contributed by atoms with E-state index in [0.29, 0.717) is 12.3 Å². The second kappa shape index (κ2) is 3.51. The maximum atomic E-state index is 12.6. The summed E-state index contributed by atoms with van der Waals surface area (Å²) in [5, 5.41) is 0. The number of alkyl halides is 1. The summed E-state index contributed by atoms with van der Waals surface area (Å²) in [6.45, 7) is 5.74. The lowest BCUT2D eigenvalue weighted by molar-refractivity contribution is 0.399. The molecule has 0 saturated heterocycles. The van der Waals surface area contributed by atoms with E-state index in [1.165, 1.54) is 5.57 Å². The predicted octanol–water partition coefficient (Wildman–Crippen LogP) is 3.03. The van der Waals surface area contributed by atoms with Gasteiger partial charge in [-0.05, 0) is 11.5 Å². The Morgan fingerprint density at radius 1 is 1.82 bits per heavy atom. The molecule has 0 radical (unpaired) electrons. The molecule has 0 heterocycles. The van der Waals surface area contributed by atoms with Crippen LogP contribution in [0.3, 0.4) is 0 Å². The first-order valence-electron chi connectivity index (χ1n) is 3.89. The van der Waals surface area contributed by atoms with Crippen LogP contribution in [-0.2, 0) is 0 Å². The molecule has 1 aliphatic rings. The van der Waals surface area contributed by atoms with E-state index in [-0.39, 0.29) is 0 Å². The molecule has 1 rings (SSSR count). The zero-order valence-corrected chi connectivity index (χ0v) is 6.76. The summed E-state index contributed by atoms with van der Waals surface area (Å²) in [6.07, 6.45) is 7.00. The van der Waals surface area contributed by atoms with Crippen molar-refractivity contribution in [1.82, 2.24) is 0 Å².